The molecule has 13 heteroatoms. The van der Waals surface area contributed by atoms with Crippen LogP contribution in [-0.2, 0) is 4.74 Å². The van der Waals surface area contributed by atoms with Gasteiger partial charge in [0.2, 0.25) is 5.95 Å². The number of amides is 1. The van der Waals surface area contributed by atoms with Crippen LogP contribution in [0.2, 0.25) is 0 Å². The van der Waals surface area contributed by atoms with E-state index in [0.717, 1.165) is 30.7 Å². The van der Waals surface area contributed by atoms with E-state index in [1.807, 2.05) is 11.8 Å². The largest absolute Gasteiger partial charge is 0.380 e. The molecular formula is C23H22FN7O4S. The molecular weight excluding hydrogens is 489 g/mol. The number of benzene rings is 1. The smallest absolute Gasteiger partial charge is 0.324 e. The zero-order valence-corrected chi connectivity index (χ0v) is 20.1. The molecule has 3 aromatic heterocycles. The number of carbonyl (C=O) groups is 1. The van der Waals surface area contributed by atoms with Crippen molar-refractivity contribution in [2.45, 2.75) is 25.8 Å². The van der Waals surface area contributed by atoms with Gasteiger partial charge < -0.3 is 15.0 Å². The van der Waals surface area contributed by atoms with Gasteiger partial charge in [-0.25, -0.2) is 9.07 Å². The van der Waals surface area contributed by atoms with E-state index in [0.29, 0.717) is 35.9 Å². The number of halogens is 1. The summed E-state index contributed by atoms with van der Waals surface area (Å²) < 4.78 is 20.7. The molecule has 4 aromatic rings. The van der Waals surface area contributed by atoms with Crippen LogP contribution in [0.25, 0.3) is 16.7 Å². The van der Waals surface area contributed by atoms with Gasteiger partial charge in [-0.05, 0) is 50.1 Å². The summed E-state index contributed by atoms with van der Waals surface area (Å²) in [5, 5.41) is 18.6. The fourth-order valence-electron chi connectivity index (χ4n) is 4.13. The Labute approximate surface area is 208 Å². The van der Waals surface area contributed by atoms with Crippen molar-refractivity contribution >= 4 is 45.0 Å². The third-order valence-electron chi connectivity index (χ3n) is 5.86. The first-order valence-corrected chi connectivity index (χ1v) is 12.2. The molecule has 1 fully saturated rings. The number of rotatable bonds is 8. The van der Waals surface area contributed by atoms with Crippen LogP contribution in [0.15, 0.2) is 42.6 Å². The highest BCUT2D eigenvalue weighted by Gasteiger charge is 2.29. The lowest BCUT2D eigenvalue weighted by Gasteiger charge is -2.25. The molecule has 186 valence electrons. The second kappa shape index (κ2) is 9.95. The van der Waals surface area contributed by atoms with Crippen molar-refractivity contribution in [2.24, 2.45) is 0 Å². The Bertz CT molecular complexity index is 1420. The van der Waals surface area contributed by atoms with Crippen molar-refractivity contribution in [3.05, 3.63) is 63.4 Å². The number of nitrogens with zero attached hydrogens (tertiary/aromatic N) is 6. The predicted molar refractivity (Wildman–Crippen MR) is 132 cm³/mol. The van der Waals surface area contributed by atoms with Gasteiger partial charge in [-0.3, -0.25) is 14.9 Å². The first kappa shape index (κ1) is 23.8. The van der Waals surface area contributed by atoms with Crippen molar-refractivity contribution in [1.82, 2.24) is 19.7 Å². The molecule has 1 N–H and O–H groups in total. The van der Waals surface area contributed by atoms with Gasteiger partial charge in [0, 0.05) is 19.2 Å². The Hall–Kier alpha value is -3.97. The second-order valence-electron chi connectivity index (χ2n) is 8.14. The van der Waals surface area contributed by atoms with E-state index in [1.54, 1.807) is 16.8 Å². The van der Waals surface area contributed by atoms with Crippen molar-refractivity contribution in [2.75, 3.05) is 30.0 Å². The molecule has 1 aliphatic heterocycles. The van der Waals surface area contributed by atoms with E-state index >= 15 is 0 Å². The third kappa shape index (κ3) is 4.62. The van der Waals surface area contributed by atoms with E-state index in [-0.39, 0.29) is 27.6 Å². The Kier molecular flexibility index (Phi) is 6.57. The lowest BCUT2D eigenvalue weighted by atomic mass is 10.2. The number of hydrogen-bond donors (Lipinski definition) is 1. The van der Waals surface area contributed by atoms with E-state index in [2.05, 4.69) is 15.4 Å². The van der Waals surface area contributed by atoms with Crippen molar-refractivity contribution in [1.29, 1.82) is 0 Å². The average Bonchev–Trinajstić information content (AvgIpc) is 3.62. The predicted octanol–water partition coefficient (Wildman–Crippen LogP) is 4.18. The van der Waals surface area contributed by atoms with Crippen LogP contribution in [0, 0.1) is 15.9 Å². The average molecular weight is 512 g/mol. The zero-order chi connectivity index (χ0) is 25.2. The molecule has 0 saturated carbocycles. The lowest BCUT2D eigenvalue weighted by molar-refractivity contribution is -0.380. The number of hydrogen-bond acceptors (Lipinski definition) is 9. The van der Waals surface area contributed by atoms with Gasteiger partial charge in [0.15, 0.2) is 5.65 Å². The minimum Gasteiger partial charge on any atom is -0.380 e. The molecule has 0 spiro atoms. The van der Waals surface area contributed by atoms with Gasteiger partial charge >= 0.3 is 5.00 Å². The van der Waals surface area contributed by atoms with Gasteiger partial charge in [-0.2, -0.15) is 15.1 Å². The van der Waals surface area contributed by atoms with Crippen LogP contribution in [0.5, 0.6) is 0 Å². The summed E-state index contributed by atoms with van der Waals surface area (Å²) in [6.45, 7) is 3.77. The molecule has 11 nitrogen and oxygen atoms in total. The second-order valence-corrected chi connectivity index (χ2v) is 9.20. The SMILES string of the molecule is CCOCC1CCCN1c1nc(NC(=O)c2ccc([N+](=O)[O-])s2)c2cnn(-c3ccc(F)cc3)c2n1. The first-order valence-electron chi connectivity index (χ1n) is 11.4. The molecule has 0 bridgehead atoms. The van der Waals surface area contributed by atoms with Gasteiger partial charge in [0.1, 0.15) is 11.6 Å². The fourth-order valence-corrected chi connectivity index (χ4v) is 4.85. The zero-order valence-electron chi connectivity index (χ0n) is 19.3. The normalized spacial score (nSPS) is 15.5. The number of aromatic nitrogens is 4. The highest BCUT2D eigenvalue weighted by Crippen LogP contribution is 2.31. The minimum atomic E-state index is -0.541. The van der Waals surface area contributed by atoms with Crippen LogP contribution >= 0.6 is 11.3 Å². The van der Waals surface area contributed by atoms with Crippen molar-refractivity contribution < 1.29 is 18.8 Å². The summed E-state index contributed by atoms with van der Waals surface area (Å²) >= 11 is 0.778. The molecule has 4 heterocycles. The molecule has 0 radical (unpaired) electrons. The van der Waals surface area contributed by atoms with Crippen LogP contribution in [0.4, 0.5) is 21.2 Å². The van der Waals surface area contributed by atoms with E-state index in [4.69, 9.17) is 9.72 Å². The Morgan fingerprint density at radius 1 is 1.28 bits per heavy atom. The third-order valence-corrected chi connectivity index (χ3v) is 6.90. The maximum absolute atomic E-state index is 13.5. The maximum atomic E-state index is 13.5. The summed E-state index contributed by atoms with van der Waals surface area (Å²) in [6, 6.07) is 8.59. The highest BCUT2D eigenvalue weighted by molar-refractivity contribution is 7.17. The van der Waals surface area contributed by atoms with Crippen molar-refractivity contribution in [3.63, 3.8) is 0 Å². The lowest BCUT2D eigenvalue weighted by Crippen LogP contribution is -2.34. The van der Waals surface area contributed by atoms with Gasteiger partial charge in [0.25, 0.3) is 5.91 Å². The first-order chi connectivity index (χ1) is 17.4. The molecule has 1 saturated heterocycles. The van der Waals surface area contributed by atoms with Gasteiger partial charge in [-0.1, -0.05) is 11.3 Å². The summed E-state index contributed by atoms with van der Waals surface area (Å²) in [5.74, 6) is -0.271. The number of nitrogens with one attached hydrogen (secondary N) is 1. The summed E-state index contributed by atoms with van der Waals surface area (Å²) in [7, 11) is 0. The molecule has 1 atom stereocenters. The number of thiophene rings is 1. The standard InChI is InChI=1S/C23H22FN7O4S/c1-2-35-13-16-4-3-11-29(16)23-27-20(26-22(32)18-9-10-19(36-18)31(33)34)17-12-25-30(21(17)28-23)15-7-5-14(24)6-8-15/h5-10,12,16H,2-4,11,13H2,1H3,(H,26,27,28,32). The number of fused-ring (bicyclic) bond motifs is 1. The monoisotopic (exact) mass is 511 g/mol. The van der Waals surface area contributed by atoms with E-state index < -0.39 is 10.8 Å². The summed E-state index contributed by atoms with van der Waals surface area (Å²) in [6.07, 6.45) is 3.38. The summed E-state index contributed by atoms with van der Waals surface area (Å²) in [5.41, 5.74) is 1.02. The van der Waals surface area contributed by atoms with Crippen LogP contribution < -0.4 is 10.2 Å². The minimum absolute atomic E-state index is 0.0769. The van der Waals surface area contributed by atoms with Gasteiger partial charge in [-0.15, -0.1) is 0 Å². The number of carbonyl (C=O) groups excluding carboxylic acids is 1. The van der Waals surface area contributed by atoms with Crippen LogP contribution in [-0.4, -0.2) is 56.4 Å². The van der Waals surface area contributed by atoms with E-state index in [1.165, 1.54) is 30.5 Å². The Morgan fingerprint density at radius 2 is 2.08 bits per heavy atom. The number of anilines is 2. The molecule has 36 heavy (non-hydrogen) atoms. The molecule has 1 amide bonds. The van der Waals surface area contributed by atoms with E-state index in [9.17, 15) is 19.3 Å². The Morgan fingerprint density at radius 3 is 2.81 bits per heavy atom. The molecule has 1 aromatic carbocycles. The van der Waals surface area contributed by atoms with Crippen molar-refractivity contribution in [3.8, 4) is 5.69 Å². The maximum Gasteiger partial charge on any atom is 0.324 e. The molecule has 0 aliphatic carbocycles. The van der Waals surface area contributed by atoms with Gasteiger partial charge in [0.05, 0.1) is 39.7 Å². The van der Waals surface area contributed by atoms with Crippen LogP contribution in [0.3, 0.4) is 0 Å². The fraction of sp³-hybridized carbons (Fsp3) is 0.304. The molecule has 1 unspecified atom stereocenters. The topological polar surface area (TPSA) is 128 Å². The number of nitro groups is 1. The summed E-state index contributed by atoms with van der Waals surface area (Å²) in [4.78, 5) is 35.1. The van der Waals surface area contributed by atoms with Crippen LogP contribution in [0.1, 0.15) is 29.4 Å². The molecule has 1 aliphatic rings. The Balaban J connectivity index is 1.57. The number of ether oxygens (including phenoxy) is 1. The molecule has 5 rings (SSSR count). The highest BCUT2D eigenvalue weighted by atomic mass is 32.1. The quantitative estimate of drug-likeness (QED) is 0.276.